The number of likely N-dealkylation sites (N-methyl/N-ethyl adjacent to an activating group) is 1. The van der Waals surface area contributed by atoms with Gasteiger partial charge in [0, 0.05) is 51.2 Å². The predicted molar refractivity (Wildman–Crippen MR) is 102 cm³/mol. The van der Waals surface area contributed by atoms with Crippen LogP contribution in [0.25, 0.3) is 0 Å². The quantitative estimate of drug-likeness (QED) is 0.811. The topological polar surface area (TPSA) is 35.5 Å². The average Bonchev–Trinajstić information content (AvgIpc) is 2.99. The van der Waals surface area contributed by atoms with Crippen LogP contribution in [0.2, 0.25) is 4.34 Å². The van der Waals surface area contributed by atoms with E-state index in [1.165, 1.54) is 17.7 Å². The lowest BCUT2D eigenvalue weighted by atomic mass is 10.0. The van der Waals surface area contributed by atoms with Crippen molar-refractivity contribution < 1.29 is 0 Å². The number of hydrogen-bond acceptors (Lipinski definition) is 6. The number of thiophene rings is 1. The lowest BCUT2D eigenvalue weighted by Gasteiger charge is -2.38. The van der Waals surface area contributed by atoms with E-state index < -0.39 is 0 Å². The van der Waals surface area contributed by atoms with E-state index in [1.54, 1.807) is 17.7 Å². The molecule has 5 nitrogen and oxygen atoms in total. The zero-order valence-corrected chi connectivity index (χ0v) is 16.0. The lowest BCUT2D eigenvalue weighted by Crippen LogP contribution is -2.46. The van der Waals surface area contributed by atoms with Gasteiger partial charge in [-0.3, -0.25) is 4.90 Å². The molecule has 3 heterocycles. The summed E-state index contributed by atoms with van der Waals surface area (Å²) in [5.74, 6) is 1.92. The standard InChI is InChI=1S/C17H24ClN5S/c1-21(2)16-9-17(20-12-19-16)22(3)13-5-4-8-23(10-13)11-14-6-7-15(18)24-14/h6-7,9,12-13H,4-5,8,10-11H2,1-3H3. The smallest absolute Gasteiger partial charge is 0.134 e. The normalized spacial score (nSPS) is 18.6. The van der Waals surface area contributed by atoms with E-state index in [0.717, 1.165) is 35.6 Å². The van der Waals surface area contributed by atoms with Gasteiger partial charge in [-0.25, -0.2) is 9.97 Å². The van der Waals surface area contributed by atoms with Gasteiger partial charge >= 0.3 is 0 Å². The summed E-state index contributed by atoms with van der Waals surface area (Å²) in [5.41, 5.74) is 0. The highest BCUT2D eigenvalue weighted by Gasteiger charge is 2.24. The molecule has 0 aliphatic carbocycles. The maximum atomic E-state index is 6.05. The summed E-state index contributed by atoms with van der Waals surface area (Å²) in [6.45, 7) is 3.17. The van der Waals surface area contributed by atoms with Crippen LogP contribution in [0.1, 0.15) is 17.7 Å². The maximum absolute atomic E-state index is 6.05. The molecule has 130 valence electrons. The van der Waals surface area contributed by atoms with Crippen molar-refractivity contribution in [2.24, 2.45) is 0 Å². The fourth-order valence-corrected chi connectivity index (χ4v) is 4.24. The molecular formula is C17H24ClN5S. The van der Waals surface area contributed by atoms with E-state index in [0.29, 0.717) is 6.04 Å². The van der Waals surface area contributed by atoms with Crippen molar-refractivity contribution >= 4 is 34.6 Å². The molecule has 0 radical (unpaired) electrons. The predicted octanol–water partition coefficient (Wildman–Crippen LogP) is 3.36. The summed E-state index contributed by atoms with van der Waals surface area (Å²) in [6, 6.07) is 6.64. The number of anilines is 2. The van der Waals surface area contributed by atoms with Crippen LogP contribution in [0.4, 0.5) is 11.6 Å². The second kappa shape index (κ2) is 7.68. The van der Waals surface area contributed by atoms with Crippen LogP contribution in [-0.2, 0) is 6.54 Å². The van der Waals surface area contributed by atoms with E-state index in [4.69, 9.17) is 11.6 Å². The molecule has 1 fully saturated rings. The molecule has 24 heavy (non-hydrogen) atoms. The van der Waals surface area contributed by atoms with Crippen molar-refractivity contribution in [3.63, 3.8) is 0 Å². The first-order chi connectivity index (χ1) is 11.5. The van der Waals surface area contributed by atoms with Gasteiger partial charge in [0.1, 0.15) is 18.0 Å². The molecule has 0 amide bonds. The van der Waals surface area contributed by atoms with Crippen LogP contribution < -0.4 is 9.80 Å². The Bertz CT molecular complexity index is 675. The Kier molecular flexibility index (Phi) is 5.58. The zero-order valence-electron chi connectivity index (χ0n) is 14.4. The Balaban J connectivity index is 1.66. The average molecular weight is 366 g/mol. The minimum Gasteiger partial charge on any atom is -0.363 e. The minimum absolute atomic E-state index is 0.471. The van der Waals surface area contributed by atoms with Gasteiger partial charge in [0.25, 0.3) is 0 Å². The van der Waals surface area contributed by atoms with Gasteiger partial charge in [-0.05, 0) is 31.5 Å². The fourth-order valence-electron chi connectivity index (χ4n) is 3.11. The number of halogens is 1. The molecule has 0 bridgehead atoms. The third-order valence-corrected chi connectivity index (χ3v) is 5.71. The highest BCUT2D eigenvalue weighted by atomic mass is 35.5. The van der Waals surface area contributed by atoms with Gasteiger partial charge in [-0.1, -0.05) is 11.6 Å². The van der Waals surface area contributed by atoms with Crippen molar-refractivity contribution in [3.05, 3.63) is 33.7 Å². The summed E-state index contributed by atoms with van der Waals surface area (Å²) in [4.78, 5) is 16.9. The highest BCUT2D eigenvalue weighted by Crippen LogP contribution is 2.26. The number of rotatable bonds is 5. The van der Waals surface area contributed by atoms with Gasteiger partial charge in [0.2, 0.25) is 0 Å². The van der Waals surface area contributed by atoms with Gasteiger partial charge in [-0.15, -0.1) is 11.3 Å². The summed E-state index contributed by atoms with van der Waals surface area (Å²) >= 11 is 7.73. The van der Waals surface area contributed by atoms with Gasteiger partial charge in [-0.2, -0.15) is 0 Å². The number of piperidine rings is 1. The van der Waals surface area contributed by atoms with E-state index in [-0.39, 0.29) is 0 Å². The van der Waals surface area contributed by atoms with Crippen LogP contribution in [0.3, 0.4) is 0 Å². The van der Waals surface area contributed by atoms with Crippen LogP contribution in [0, 0.1) is 0 Å². The summed E-state index contributed by atoms with van der Waals surface area (Å²) in [5, 5.41) is 0. The number of aromatic nitrogens is 2. The molecule has 1 aliphatic rings. The Morgan fingerprint density at radius 1 is 1.25 bits per heavy atom. The van der Waals surface area contributed by atoms with Crippen LogP contribution in [0.5, 0.6) is 0 Å². The molecule has 2 aromatic rings. The van der Waals surface area contributed by atoms with Gasteiger partial charge in [0.15, 0.2) is 0 Å². The molecule has 1 unspecified atom stereocenters. The molecule has 0 spiro atoms. The second-order valence-electron chi connectivity index (χ2n) is 6.48. The molecular weight excluding hydrogens is 342 g/mol. The molecule has 7 heteroatoms. The first kappa shape index (κ1) is 17.5. The first-order valence-corrected chi connectivity index (χ1v) is 9.41. The summed E-state index contributed by atoms with van der Waals surface area (Å²) < 4.78 is 0.868. The van der Waals surface area contributed by atoms with Crippen molar-refractivity contribution in [2.45, 2.75) is 25.4 Å². The third kappa shape index (κ3) is 4.18. The van der Waals surface area contributed by atoms with Gasteiger partial charge < -0.3 is 9.80 Å². The monoisotopic (exact) mass is 365 g/mol. The van der Waals surface area contributed by atoms with E-state index >= 15 is 0 Å². The first-order valence-electron chi connectivity index (χ1n) is 8.21. The Morgan fingerprint density at radius 3 is 2.75 bits per heavy atom. The maximum Gasteiger partial charge on any atom is 0.134 e. The molecule has 3 rings (SSSR count). The Morgan fingerprint density at radius 2 is 2.04 bits per heavy atom. The molecule has 0 aromatic carbocycles. The van der Waals surface area contributed by atoms with Gasteiger partial charge in [0.05, 0.1) is 4.34 Å². The summed E-state index contributed by atoms with van der Waals surface area (Å²) in [7, 11) is 6.14. The fraction of sp³-hybridized carbons (Fsp3) is 0.529. The third-order valence-electron chi connectivity index (χ3n) is 4.49. The summed E-state index contributed by atoms with van der Waals surface area (Å²) in [6.07, 6.45) is 4.05. The molecule has 0 N–H and O–H groups in total. The second-order valence-corrected chi connectivity index (χ2v) is 8.28. The largest absolute Gasteiger partial charge is 0.363 e. The van der Waals surface area contributed by atoms with Crippen LogP contribution >= 0.6 is 22.9 Å². The van der Waals surface area contributed by atoms with Crippen molar-refractivity contribution in [1.29, 1.82) is 0 Å². The minimum atomic E-state index is 0.471. The van der Waals surface area contributed by atoms with Crippen molar-refractivity contribution in [3.8, 4) is 0 Å². The molecule has 1 atom stereocenters. The Hall–Kier alpha value is -1.37. The lowest BCUT2D eigenvalue weighted by molar-refractivity contribution is 0.200. The number of nitrogens with zero attached hydrogens (tertiary/aromatic N) is 5. The number of hydrogen-bond donors (Lipinski definition) is 0. The molecule has 1 aliphatic heterocycles. The molecule has 2 aromatic heterocycles. The molecule has 0 saturated carbocycles. The highest BCUT2D eigenvalue weighted by molar-refractivity contribution is 7.16. The van der Waals surface area contributed by atoms with Crippen molar-refractivity contribution in [1.82, 2.24) is 14.9 Å². The van der Waals surface area contributed by atoms with Crippen LogP contribution in [-0.4, -0.2) is 55.1 Å². The number of likely N-dealkylation sites (tertiary alicyclic amines) is 1. The van der Waals surface area contributed by atoms with E-state index in [2.05, 4.69) is 38.9 Å². The SMILES string of the molecule is CN(C)c1cc(N(C)C2CCCN(Cc3ccc(Cl)s3)C2)ncn1. The van der Waals surface area contributed by atoms with Crippen LogP contribution in [0.15, 0.2) is 24.5 Å². The van der Waals surface area contributed by atoms with E-state index in [9.17, 15) is 0 Å². The Labute approximate surface area is 152 Å². The zero-order chi connectivity index (χ0) is 17.1. The van der Waals surface area contributed by atoms with Crippen molar-refractivity contribution in [2.75, 3.05) is 44.0 Å². The van der Waals surface area contributed by atoms with E-state index in [1.807, 2.05) is 25.1 Å². The molecule has 1 saturated heterocycles.